The number of nitrogens with one attached hydrogen (secondary N) is 2. The SMILES string of the molecule is C.C.C.C.C.C.C.CC(=O)OCC1(C)CCN(C(=O)OC(C)(C)C)C1.CC(=O)OCC1(C)CCNC1.CC1(CO)CCN(C(=O)OC(C)(C)C)C1.COC(=O)C1(C)CCN(C(=O)OC(C)(C)C)C1.COC(=O)C1(C)CCN(Cc2ccccc2)C1.COCC1(C)CCN(C(=O)OC(C)(C)C)C1.COCC1(C)CCNC1.COCN(Cc1ccccc1)C[Si](C)(C)C.Cl.Cl. The molecule has 0 aliphatic carbocycles. The molecule has 0 bridgehead atoms. The van der Waals surface area contributed by atoms with Crippen molar-refractivity contribution < 1.29 is 95.6 Å². The summed E-state index contributed by atoms with van der Waals surface area (Å²) < 4.78 is 56.3. The highest BCUT2D eigenvalue weighted by atomic mass is 35.5. The molecule has 7 aliphatic heterocycles. The standard InChI is InChI=1S/C14H19NO2.C13H23NO4.C13H23NOSi.C12H21NO4.C12H23NO3.C11H21NO3.C8H15NO2.C7H15NO.7CH4.2ClH/c1-14(13(16)17-2)8-9-15(11-14)10-12-6-4-3-5-7-12;1-10(15)17-9-13(5)6-7-14(8-13)11(16)18-12(2,3)4;1-15-11-14(12-16(2,3)4)10-13-8-6-5-7-9-13;1-11(2,3)17-10(15)13-7-6-12(4,8-13)9(14)16-5;1-11(2,3)16-10(14)13-7-6-12(4,8-13)9-15-5;1-10(2,3)15-9(14)12-6-5-11(4,7-12)8-13;1-7(10)11-6-8(2)3-4-9-5-8;1-7(6-9-2)3-4-8-5-7;;;;;;;;;/h3-7H,8-11H2,1-2H3;6-9H2,1-5H3;5-9H,10-12H2,1-4H3;6-8H2,1-5H3;6-9H2,1-5H3;13H,5-8H2,1-4H3;9H,3-6H2,1-2H3;8H,3-6H2,1-2H3;7*1H4;2*1H. The Morgan fingerprint density at radius 1 is 0.414 bits per heavy atom. The lowest BCUT2D eigenvalue weighted by Crippen LogP contribution is -2.40. The molecule has 7 unspecified atom stereocenters. The second-order valence-corrected chi connectivity index (χ2v) is 46.0. The summed E-state index contributed by atoms with van der Waals surface area (Å²) in [5, 5.41) is 15.7. The summed E-state index contributed by atoms with van der Waals surface area (Å²) in [6.45, 7) is 62.6. The third kappa shape index (κ3) is 56.0. The summed E-state index contributed by atoms with van der Waals surface area (Å²) in [7, 11) is 6.99. The van der Waals surface area contributed by atoms with Gasteiger partial charge in [0.15, 0.2) is 0 Å². The first-order valence-electron chi connectivity index (χ1n) is 42.2. The number of amides is 4. The number of benzene rings is 2. The molecule has 7 aliphatic rings. The topological polar surface area (TPSA) is 302 Å². The molecule has 7 saturated heterocycles. The third-order valence-corrected chi connectivity index (χ3v) is 22.1. The van der Waals surface area contributed by atoms with Crippen LogP contribution in [0, 0.1) is 37.9 Å². The minimum atomic E-state index is -1.07. The van der Waals surface area contributed by atoms with E-state index in [1.807, 2.05) is 129 Å². The van der Waals surface area contributed by atoms with Crippen molar-refractivity contribution in [2.75, 3.05) is 173 Å². The Bertz CT molecular complexity index is 3390. The maximum atomic E-state index is 11.9. The van der Waals surface area contributed by atoms with Crippen LogP contribution in [-0.4, -0.2) is 286 Å². The Labute approximate surface area is 792 Å². The normalized spacial score (nSPS) is 22.9. The van der Waals surface area contributed by atoms with Crippen molar-refractivity contribution in [3.8, 4) is 0 Å². The zero-order valence-electron chi connectivity index (χ0n) is 79.7. The maximum absolute atomic E-state index is 11.9. The van der Waals surface area contributed by atoms with Crippen LogP contribution in [0.25, 0.3) is 0 Å². The molecule has 31 heteroatoms. The minimum absolute atomic E-state index is 0. The third-order valence-electron chi connectivity index (χ3n) is 20.7. The second kappa shape index (κ2) is 62.4. The van der Waals surface area contributed by atoms with Crippen molar-refractivity contribution in [1.82, 2.24) is 40.0 Å². The van der Waals surface area contributed by atoms with Gasteiger partial charge in [-0.1, -0.05) is 167 Å². The van der Waals surface area contributed by atoms with Crippen LogP contribution in [0.15, 0.2) is 60.7 Å². The van der Waals surface area contributed by atoms with E-state index < -0.39 is 35.9 Å². The Kier molecular flexibility index (Phi) is 66.9. The Morgan fingerprint density at radius 2 is 0.727 bits per heavy atom. The predicted octanol–water partition coefficient (Wildman–Crippen LogP) is 19.4. The first kappa shape index (κ1) is 137. The Morgan fingerprint density at radius 3 is 1.05 bits per heavy atom. The predicted molar refractivity (Wildman–Crippen MR) is 530 cm³/mol. The summed E-state index contributed by atoms with van der Waals surface area (Å²) >= 11 is 0. The molecule has 7 fully saturated rings. The van der Waals surface area contributed by atoms with Crippen molar-refractivity contribution in [3.05, 3.63) is 71.8 Å². The van der Waals surface area contributed by atoms with E-state index in [1.165, 1.54) is 51.8 Å². The van der Waals surface area contributed by atoms with Crippen molar-refractivity contribution >= 4 is 81.1 Å². The molecule has 7 atom stereocenters. The van der Waals surface area contributed by atoms with E-state index in [0.717, 1.165) is 111 Å². The van der Waals surface area contributed by atoms with Gasteiger partial charge < -0.3 is 87.4 Å². The minimum Gasteiger partial charge on any atom is -0.469 e. The van der Waals surface area contributed by atoms with Crippen molar-refractivity contribution in [3.63, 3.8) is 0 Å². The average molecular weight is 1890 g/mol. The summed E-state index contributed by atoms with van der Waals surface area (Å²) in [5.74, 6) is -0.832. The van der Waals surface area contributed by atoms with Gasteiger partial charge in [-0.05, 0) is 179 Å². The first-order valence-corrected chi connectivity index (χ1v) is 45.9. The van der Waals surface area contributed by atoms with E-state index in [2.05, 4.69) is 103 Å². The molecule has 0 radical (unpaired) electrons. The number of rotatable bonds is 19. The van der Waals surface area contributed by atoms with Gasteiger partial charge in [0, 0.05) is 147 Å². The van der Waals surface area contributed by atoms with Crippen LogP contribution < -0.4 is 10.6 Å². The Balaban J connectivity index is -0.000000213. The molecule has 2 aromatic carbocycles. The second-order valence-electron chi connectivity index (χ2n) is 40.6. The van der Waals surface area contributed by atoms with Gasteiger partial charge in [0.2, 0.25) is 0 Å². The maximum Gasteiger partial charge on any atom is 0.410 e. The van der Waals surface area contributed by atoms with Gasteiger partial charge in [-0.3, -0.25) is 29.0 Å². The number of hydrogen-bond donors (Lipinski definition) is 3. The average Bonchev–Trinajstić information content (AvgIpc) is 1.68. The molecular weight excluding hydrogens is 1700 g/mol. The number of aliphatic hydroxyl groups is 1. The highest BCUT2D eigenvalue weighted by Gasteiger charge is 2.46. The largest absolute Gasteiger partial charge is 0.469 e. The van der Waals surface area contributed by atoms with Gasteiger partial charge in [0.1, 0.15) is 22.4 Å². The lowest BCUT2D eigenvalue weighted by Gasteiger charge is -2.28. The van der Waals surface area contributed by atoms with Crippen LogP contribution >= 0.6 is 24.8 Å². The number of nitrogens with zero attached hydrogens (tertiary/aromatic N) is 6. The lowest BCUT2D eigenvalue weighted by molar-refractivity contribution is -0.151. The fourth-order valence-corrected chi connectivity index (χ4v) is 15.8. The number of ether oxygens (including phenoxy) is 11. The summed E-state index contributed by atoms with van der Waals surface area (Å²) in [6, 6.07) is 20.9. The quantitative estimate of drug-likeness (QED) is 0.0509. The first-order chi connectivity index (χ1) is 54.8. The zero-order chi connectivity index (χ0) is 90.7. The van der Waals surface area contributed by atoms with Crippen molar-refractivity contribution in [2.45, 2.75) is 297 Å². The van der Waals surface area contributed by atoms with Gasteiger partial charge in [-0.2, -0.15) is 0 Å². The molecule has 9 rings (SSSR count). The van der Waals surface area contributed by atoms with Crippen LogP contribution in [0.5, 0.6) is 0 Å². The van der Waals surface area contributed by atoms with E-state index >= 15 is 0 Å². The Hall–Kier alpha value is -6.12. The van der Waals surface area contributed by atoms with E-state index in [1.54, 1.807) is 40.9 Å². The molecule has 28 nitrogen and oxygen atoms in total. The number of carbonyl (C=O) groups excluding carboxylic acids is 8. The number of methoxy groups -OCH3 is 5. The number of likely N-dealkylation sites (tertiary alicyclic amines) is 5. The van der Waals surface area contributed by atoms with Crippen molar-refractivity contribution in [2.24, 2.45) is 37.9 Å². The lowest BCUT2D eigenvalue weighted by atomic mass is 9.90. The van der Waals surface area contributed by atoms with Crippen molar-refractivity contribution in [1.29, 1.82) is 0 Å². The van der Waals surface area contributed by atoms with Crippen LogP contribution in [0.1, 0.15) is 253 Å². The molecule has 7 heterocycles. The van der Waals surface area contributed by atoms with Gasteiger partial charge in [0.05, 0.1) is 72.9 Å². The summed E-state index contributed by atoms with van der Waals surface area (Å²) in [5.41, 5.74) is 0.195. The molecular formula is C97H190Cl2N8O20Si. The molecule has 756 valence electrons. The van der Waals surface area contributed by atoms with Crippen LogP contribution in [0.3, 0.4) is 0 Å². The number of halogens is 2. The van der Waals surface area contributed by atoms with Crippen LogP contribution in [-0.2, 0) is 84.4 Å². The highest BCUT2D eigenvalue weighted by Crippen LogP contribution is 2.37. The van der Waals surface area contributed by atoms with Gasteiger partial charge in [-0.15, -0.1) is 24.8 Å². The van der Waals surface area contributed by atoms with Gasteiger partial charge >= 0.3 is 48.3 Å². The molecule has 4 amide bonds. The fourth-order valence-electron chi connectivity index (χ4n) is 14.3. The molecule has 2 aromatic rings. The van der Waals surface area contributed by atoms with E-state index in [4.69, 9.17) is 52.1 Å². The smallest absolute Gasteiger partial charge is 0.410 e. The van der Waals surface area contributed by atoms with E-state index in [-0.39, 0.29) is 159 Å². The van der Waals surface area contributed by atoms with E-state index in [9.17, 15) is 43.5 Å². The van der Waals surface area contributed by atoms with Crippen LogP contribution in [0.4, 0.5) is 19.2 Å². The summed E-state index contributed by atoms with van der Waals surface area (Å²) in [4.78, 5) is 103. The molecule has 0 spiro atoms. The molecule has 128 heavy (non-hydrogen) atoms. The zero-order valence-corrected chi connectivity index (χ0v) is 82.3. The van der Waals surface area contributed by atoms with E-state index in [0.29, 0.717) is 70.9 Å². The molecule has 0 saturated carbocycles. The number of aliphatic hydroxyl groups excluding tert-OH is 1. The fraction of sp³-hybridized carbons (Fsp3) is 0.794. The number of hydrogen-bond acceptors (Lipinski definition) is 24. The van der Waals surface area contributed by atoms with Crippen LogP contribution in [0.2, 0.25) is 19.6 Å². The number of carbonyl (C=O) groups is 8. The summed E-state index contributed by atoms with van der Waals surface area (Å²) in [6.07, 6.45) is 6.48. The highest BCUT2D eigenvalue weighted by molar-refractivity contribution is 6.76. The molecule has 0 aromatic heterocycles. The van der Waals surface area contributed by atoms with Gasteiger partial charge in [-0.25, -0.2) is 19.2 Å². The molecule has 3 N–H and O–H groups in total. The monoisotopic (exact) mass is 1890 g/mol. The van der Waals surface area contributed by atoms with Gasteiger partial charge in [0.25, 0.3) is 0 Å². The number of esters is 4.